The van der Waals surface area contributed by atoms with Crippen LogP contribution < -0.4 is 27.2 Å². The lowest BCUT2D eigenvalue weighted by Crippen LogP contribution is -2.20. The highest BCUT2D eigenvalue weighted by molar-refractivity contribution is 5.95. The van der Waals surface area contributed by atoms with E-state index in [2.05, 4.69) is 20.4 Å². The number of aromatic amines is 1. The van der Waals surface area contributed by atoms with Gasteiger partial charge in [0.05, 0.1) is 13.2 Å². The summed E-state index contributed by atoms with van der Waals surface area (Å²) in [6.45, 7) is 1.17. The lowest BCUT2D eigenvalue weighted by Gasteiger charge is -2.25. The monoisotopic (exact) mass is 564 g/mol. The number of pyridine rings is 1. The number of nitrogens with one attached hydrogen (secondary N) is 3. The van der Waals surface area contributed by atoms with Crippen molar-refractivity contribution in [1.82, 2.24) is 19.7 Å². The second-order valence-electron chi connectivity index (χ2n) is 9.08. The Morgan fingerprint density at radius 3 is 2.66 bits per heavy atom. The van der Waals surface area contributed by atoms with E-state index < -0.39 is 23.5 Å². The van der Waals surface area contributed by atoms with Gasteiger partial charge in [-0.15, -0.1) is 5.10 Å². The van der Waals surface area contributed by atoms with Gasteiger partial charge in [0.15, 0.2) is 5.82 Å². The molecule has 9 N–H and O–H groups in total. The normalized spacial score (nSPS) is 12.8. The Hall–Kier alpha value is -5.24. The number of aliphatic hydroxyl groups is 1. The zero-order chi connectivity index (χ0) is 29.7. The molecule has 0 saturated carbocycles. The highest BCUT2D eigenvalue weighted by Gasteiger charge is 2.29. The topological polar surface area (TPSA) is 218 Å². The number of carbonyl (C=O) groups is 1. The Labute approximate surface area is 233 Å². The molecule has 0 spiro atoms. The predicted octanol–water partition coefficient (Wildman–Crippen LogP) is 2.07. The van der Waals surface area contributed by atoms with Gasteiger partial charge < -0.3 is 31.7 Å². The fraction of sp³-hybridized carbons (Fsp3) is 0.222. The van der Waals surface area contributed by atoms with Crippen molar-refractivity contribution in [2.24, 2.45) is 5.73 Å². The molecule has 0 amide bonds. The number of aliphatic hydroxyl groups excluding tert-OH is 1. The summed E-state index contributed by atoms with van der Waals surface area (Å²) in [4.78, 5) is 28.6. The number of carboxylic acid groups (broad SMARTS) is 1. The first-order valence-electron chi connectivity index (χ1n) is 12.5. The van der Waals surface area contributed by atoms with E-state index in [1.807, 2.05) is 0 Å². The zero-order valence-electron chi connectivity index (χ0n) is 22.0. The number of hydrogen-bond donors (Lipinski definition) is 7. The maximum atomic E-state index is 16.0. The SMILES string of the molecule is CC(=O)O.N=C(N)c1ccc(NC(c2nn(-c3cccnc3N)c(=O)[nH]2)c2cc(CO)c3c(c2F)CCCO3)cc1. The van der Waals surface area contributed by atoms with Gasteiger partial charge in [-0.05, 0) is 55.3 Å². The van der Waals surface area contributed by atoms with Crippen LogP contribution in [0.3, 0.4) is 0 Å². The Kier molecular flexibility index (Phi) is 8.63. The summed E-state index contributed by atoms with van der Waals surface area (Å²) in [5, 5.41) is 32.7. The maximum absolute atomic E-state index is 16.0. The number of anilines is 2. The highest BCUT2D eigenvalue weighted by Crippen LogP contribution is 2.37. The third kappa shape index (κ3) is 6.33. The standard InChI is InChI=1S/C25H25FN8O3.C2H4O2/c26-19-16-3-2-10-37-21(16)14(12-35)11-17(19)20(31-15-7-5-13(6-8-15)22(27)28)24-32-25(36)34(33-24)18-4-1-9-30-23(18)29;1-2(3)4/h1,4-9,11,20,31,35H,2-3,10,12H2,(H3,27,28)(H2,29,30)(H,32,33,36);1H3,(H,3,4). The van der Waals surface area contributed by atoms with Crippen LogP contribution in [-0.4, -0.2) is 48.4 Å². The van der Waals surface area contributed by atoms with Gasteiger partial charge >= 0.3 is 5.69 Å². The number of halogens is 1. The molecule has 1 aliphatic rings. The van der Waals surface area contributed by atoms with Crippen molar-refractivity contribution in [3.05, 3.63) is 93.0 Å². The van der Waals surface area contributed by atoms with Gasteiger partial charge in [-0.1, -0.05) is 0 Å². The molecule has 0 fully saturated rings. The molecule has 5 rings (SSSR count). The van der Waals surface area contributed by atoms with Gasteiger partial charge in [0.1, 0.15) is 34.9 Å². The molecule has 3 heterocycles. The Morgan fingerprint density at radius 2 is 2.02 bits per heavy atom. The zero-order valence-corrected chi connectivity index (χ0v) is 22.0. The number of aliphatic carboxylic acids is 1. The molecular weight excluding hydrogens is 535 g/mol. The summed E-state index contributed by atoms with van der Waals surface area (Å²) >= 11 is 0. The molecule has 1 unspecified atom stereocenters. The van der Waals surface area contributed by atoms with Crippen molar-refractivity contribution in [1.29, 1.82) is 5.41 Å². The van der Waals surface area contributed by atoms with Crippen LogP contribution in [0.25, 0.3) is 5.69 Å². The van der Waals surface area contributed by atoms with E-state index in [4.69, 9.17) is 31.5 Å². The van der Waals surface area contributed by atoms with Crippen LogP contribution in [0.4, 0.5) is 15.9 Å². The molecular formula is C27H29FN8O5. The van der Waals surface area contributed by atoms with Crippen molar-refractivity contribution >= 4 is 23.3 Å². The Morgan fingerprint density at radius 1 is 1.32 bits per heavy atom. The van der Waals surface area contributed by atoms with Crippen LogP contribution in [0.2, 0.25) is 0 Å². The van der Waals surface area contributed by atoms with Crippen LogP contribution in [0, 0.1) is 11.2 Å². The second-order valence-corrected chi connectivity index (χ2v) is 9.08. The molecule has 1 atom stereocenters. The van der Waals surface area contributed by atoms with Gasteiger partial charge in [0, 0.05) is 41.1 Å². The molecule has 0 bridgehead atoms. The lowest BCUT2D eigenvalue weighted by atomic mass is 9.94. The molecule has 14 heteroatoms. The minimum atomic E-state index is -0.965. The summed E-state index contributed by atoms with van der Waals surface area (Å²) in [6.07, 6.45) is 2.57. The van der Waals surface area contributed by atoms with Crippen LogP contribution in [-0.2, 0) is 17.8 Å². The van der Waals surface area contributed by atoms with Crippen LogP contribution in [0.5, 0.6) is 5.75 Å². The fourth-order valence-electron chi connectivity index (χ4n) is 4.37. The number of rotatable bonds is 7. The molecule has 4 aromatic rings. The number of carboxylic acids is 1. The van der Waals surface area contributed by atoms with Gasteiger partial charge in [-0.25, -0.2) is 14.2 Å². The summed E-state index contributed by atoms with van der Waals surface area (Å²) in [6, 6.07) is 10.4. The van der Waals surface area contributed by atoms with Gasteiger partial charge in [0.2, 0.25) is 0 Å². The third-order valence-corrected chi connectivity index (χ3v) is 6.17. The summed E-state index contributed by atoms with van der Waals surface area (Å²) in [5.74, 6) is -0.869. The molecule has 2 aromatic heterocycles. The molecule has 214 valence electrons. The van der Waals surface area contributed by atoms with Gasteiger partial charge in [-0.3, -0.25) is 15.2 Å². The largest absolute Gasteiger partial charge is 0.493 e. The second kappa shape index (κ2) is 12.3. The number of ether oxygens (including phenoxy) is 1. The molecule has 41 heavy (non-hydrogen) atoms. The minimum Gasteiger partial charge on any atom is -0.493 e. The molecule has 2 aromatic carbocycles. The average Bonchev–Trinajstić information content (AvgIpc) is 3.33. The number of benzene rings is 2. The lowest BCUT2D eigenvalue weighted by molar-refractivity contribution is -0.134. The number of hydrogen-bond acceptors (Lipinski definition) is 9. The number of H-pyrrole nitrogens is 1. The first kappa shape index (κ1) is 28.8. The van der Waals surface area contributed by atoms with Crippen molar-refractivity contribution < 1.29 is 24.1 Å². The average molecular weight is 565 g/mol. The van der Waals surface area contributed by atoms with Crippen molar-refractivity contribution in [2.75, 3.05) is 17.7 Å². The van der Waals surface area contributed by atoms with E-state index in [9.17, 15) is 9.90 Å². The van der Waals surface area contributed by atoms with Crippen LogP contribution in [0.15, 0.2) is 53.5 Å². The number of aromatic nitrogens is 4. The van der Waals surface area contributed by atoms with E-state index in [1.165, 1.54) is 12.3 Å². The van der Waals surface area contributed by atoms with Crippen LogP contribution in [0.1, 0.15) is 47.5 Å². The number of amidine groups is 1. The number of nitrogens with two attached hydrogens (primary N) is 2. The first-order valence-corrected chi connectivity index (χ1v) is 12.5. The Bertz CT molecular complexity index is 1630. The fourth-order valence-corrected chi connectivity index (χ4v) is 4.37. The highest BCUT2D eigenvalue weighted by atomic mass is 19.1. The predicted molar refractivity (Wildman–Crippen MR) is 149 cm³/mol. The minimum absolute atomic E-state index is 0.0893. The smallest absolute Gasteiger partial charge is 0.348 e. The van der Waals surface area contributed by atoms with E-state index >= 15 is 4.39 Å². The maximum Gasteiger partial charge on any atom is 0.348 e. The number of nitrogen functional groups attached to an aromatic ring is 2. The summed E-state index contributed by atoms with van der Waals surface area (Å²) < 4.78 is 22.7. The summed E-state index contributed by atoms with van der Waals surface area (Å²) in [5.41, 5.74) is 13.2. The van der Waals surface area contributed by atoms with E-state index in [1.54, 1.807) is 36.4 Å². The summed E-state index contributed by atoms with van der Waals surface area (Å²) in [7, 11) is 0. The van der Waals surface area contributed by atoms with E-state index in [-0.39, 0.29) is 35.3 Å². The quantitative estimate of drug-likeness (QED) is 0.128. The van der Waals surface area contributed by atoms with Crippen LogP contribution >= 0.6 is 0 Å². The molecule has 0 saturated heterocycles. The molecule has 1 aliphatic heterocycles. The molecule has 0 radical (unpaired) electrons. The van der Waals surface area contributed by atoms with Gasteiger partial charge in [0.25, 0.3) is 5.97 Å². The van der Waals surface area contributed by atoms with Crippen molar-refractivity contribution in [3.63, 3.8) is 0 Å². The van der Waals surface area contributed by atoms with Crippen molar-refractivity contribution in [3.8, 4) is 11.4 Å². The van der Waals surface area contributed by atoms with E-state index in [0.29, 0.717) is 47.6 Å². The third-order valence-electron chi connectivity index (χ3n) is 6.17. The van der Waals surface area contributed by atoms with E-state index in [0.717, 1.165) is 11.6 Å². The number of fused-ring (bicyclic) bond motifs is 1. The van der Waals surface area contributed by atoms with Gasteiger partial charge in [-0.2, -0.15) is 4.68 Å². The molecule has 0 aliphatic carbocycles. The first-order chi connectivity index (χ1) is 19.6. The van der Waals surface area contributed by atoms with Crippen molar-refractivity contribution in [2.45, 2.75) is 32.4 Å². The number of nitrogens with zero attached hydrogens (tertiary/aromatic N) is 3. The molecule has 13 nitrogen and oxygen atoms in total. The Balaban J connectivity index is 0.000000909.